The summed E-state index contributed by atoms with van der Waals surface area (Å²) in [6, 6.07) is 0. The van der Waals surface area contributed by atoms with Crippen LogP contribution in [0.3, 0.4) is 0 Å². The van der Waals surface area contributed by atoms with Crippen LogP contribution in [0, 0.1) is 0 Å². The molecule has 0 aromatic heterocycles. The van der Waals surface area contributed by atoms with Crippen LogP contribution >= 0.6 is 7.82 Å². The summed E-state index contributed by atoms with van der Waals surface area (Å²) in [7, 11) is -4.48. The standard InChI is InChI=1S/C9H18NO8P/c1-7(11)15-5-9(18-8(2)12)6-17-19(13,14)16-4-3-10/h9H,3-6,10H2,1-2H3,(H,13,14)/t9-/m1/s1. The van der Waals surface area contributed by atoms with E-state index < -0.39 is 32.5 Å². The lowest BCUT2D eigenvalue weighted by Gasteiger charge is -2.24. The van der Waals surface area contributed by atoms with Crippen molar-refractivity contribution in [3.63, 3.8) is 0 Å². The predicted octanol–water partition coefficient (Wildman–Crippen LogP) is -1.78. The Morgan fingerprint density at radius 2 is 1.84 bits per heavy atom. The third-order valence-electron chi connectivity index (χ3n) is 1.62. The van der Waals surface area contributed by atoms with Gasteiger partial charge in [0, 0.05) is 13.8 Å². The summed E-state index contributed by atoms with van der Waals surface area (Å²) in [5.41, 5.74) is 3.40. The molecule has 2 atom stereocenters. The second-order valence-electron chi connectivity index (χ2n) is 3.46. The first-order valence-corrected chi connectivity index (χ1v) is 6.93. The van der Waals surface area contributed by atoms with Crippen molar-refractivity contribution in [1.29, 1.82) is 0 Å². The molecule has 0 saturated heterocycles. The van der Waals surface area contributed by atoms with E-state index in [1.54, 1.807) is 0 Å². The monoisotopic (exact) mass is 299 g/mol. The fourth-order valence-corrected chi connectivity index (χ4v) is 1.73. The Kier molecular flexibility index (Phi) is 8.53. The number of ether oxygens (including phenoxy) is 2. The topological polar surface area (TPSA) is 139 Å². The number of hydrogen-bond donors (Lipinski definition) is 1. The molecule has 0 spiro atoms. The zero-order chi connectivity index (χ0) is 14.9. The van der Waals surface area contributed by atoms with Gasteiger partial charge in [0.05, 0.1) is 13.2 Å². The van der Waals surface area contributed by atoms with Gasteiger partial charge in [-0.15, -0.1) is 0 Å². The highest BCUT2D eigenvalue weighted by atomic mass is 31.2. The van der Waals surface area contributed by atoms with Crippen LogP contribution in [-0.2, 0) is 32.7 Å². The van der Waals surface area contributed by atoms with Crippen molar-refractivity contribution >= 4 is 19.8 Å². The van der Waals surface area contributed by atoms with Crippen molar-refractivity contribution in [2.45, 2.75) is 20.0 Å². The van der Waals surface area contributed by atoms with Crippen molar-refractivity contribution in [2.75, 3.05) is 26.4 Å². The van der Waals surface area contributed by atoms with E-state index in [4.69, 9.17) is 4.74 Å². The minimum atomic E-state index is -4.48. The van der Waals surface area contributed by atoms with Crippen LogP contribution in [-0.4, -0.2) is 44.4 Å². The Morgan fingerprint density at radius 3 is 2.32 bits per heavy atom. The molecule has 0 heterocycles. The van der Waals surface area contributed by atoms with Crippen LogP contribution in [0.15, 0.2) is 0 Å². The smallest absolute Gasteiger partial charge is 0.303 e. The van der Waals surface area contributed by atoms with Crippen LogP contribution in [0.4, 0.5) is 0 Å². The maximum absolute atomic E-state index is 11.2. The molecule has 0 aromatic rings. The van der Waals surface area contributed by atoms with Crippen LogP contribution in [0.25, 0.3) is 0 Å². The van der Waals surface area contributed by atoms with E-state index in [1.807, 2.05) is 0 Å². The molecule has 0 saturated carbocycles. The lowest BCUT2D eigenvalue weighted by molar-refractivity contribution is -0.373. The molecule has 0 amide bonds. The first-order valence-electron chi connectivity index (χ1n) is 5.47. The van der Waals surface area contributed by atoms with Gasteiger partial charge in [0.2, 0.25) is 0 Å². The minimum absolute atomic E-state index is 0.108. The maximum atomic E-state index is 11.2. The Balaban J connectivity index is 4.26. The summed E-state index contributed by atoms with van der Waals surface area (Å²) in [4.78, 5) is 32.6. The van der Waals surface area contributed by atoms with Crippen molar-refractivity contribution in [3.8, 4) is 0 Å². The van der Waals surface area contributed by atoms with Gasteiger partial charge in [-0.05, 0) is 0 Å². The van der Waals surface area contributed by atoms with Crippen LogP contribution in [0.2, 0.25) is 0 Å². The molecule has 0 aliphatic heterocycles. The first kappa shape index (κ1) is 18.0. The Labute approximate surface area is 110 Å². The Morgan fingerprint density at radius 1 is 1.21 bits per heavy atom. The van der Waals surface area contributed by atoms with E-state index in [-0.39, 0.29) is 19.8 Å². The molecule has 0 aromatic carbocycles. The number of quaternary nitrogens is 1. The molecule has 112 valence electrons. The van der Waals surface area contributed by atoms with Crippen molar-refractivity contribution in [3.05, 3.63) is 0 Å². The average Bonchev–Trinajstić information content (AvgIpc) is 2.29. The van der Waals surface area contributed by atoms with Gasteiger partial charge in [-0.2, -0.15) is 0 Å². The summed E-state index contributed by atoms with van der Waals surface area (Å²) in [5, 5.41) is 0. The molecule has 0 radical (unpaired) electrons. The number of esters is 2. The number of rotatable bonds is 9. The Hall–Kier alpha value is -0.990. The van der Waals surface area contributed by atoms with Crippen molar-refractivity contribution in [2.24, 2.45) is 0 Å². The highest BCUT2D eigenvalue weighted by molar-refractivity contribution is 7.45. The zero-order valence-electron chi connectivity index (χ0n) is 10.8. The zero-order valence-corrected chi connectivity index (χ0v) is 11.7. The summed E-state index contributed by atoms with van der Waals surface area (Å²) in [6.07, 6.45) is -1.02. The van der Waals surface area contributed by atoms with Gasteiger partial charge in [0.15, 0.2) is 6.10 Å². The molecule has 0 aliphatic rings. The number of phosphoric ester groups is 1. The van der Waals surface area contributed by atoms with E-state index in [0.29, 0.717) is 0 Å². The highest BCUT2D eigenvalue weighted by Crippen LogP contribution is 2.37. The summed E-state index contributed by atoms with van der Waals surface area (Å²) < 4.78 is 29.5. The molecule has 0 aliphatic carbocycles. The van der Waals surface area contributed by atoms with Crippen molar-refractivity contribution in [1.82, 2.24) is 0 Å². The van der Waals surface area contributed by atoms with Gasteiger partial charge < -0.3 is 29.1 Å². The molecule has 10 heteroatoms. The van der Waals surface area contributed by atoms with E-state index in [1.165, 1.54) is 6.92 Å². The quantitative estimate of drug-likeness (QED) is 0.389. The summed E-state index contributed by atoms with van der Waals surface area (Å²) in [5.74, 6) is -1.24. The van der Waals surface area contributed by atoms with Crippen LogP contribution in [0.5, 0.6) is 0 Å². The molecule has 0 bridgehead atoms. The van der Waals surface area contributed by atoms with Gasteiger partial charge in [-0.1, -0.05) is 0 Å². The summed E-state index contributed by atoms with van der Waals surface area (Å²) in [6.45, 7) is 1.66. The molecular weight excluding hydrogens is 281 g/mol. The van der Waals surface area contributed by atoms with Gasteiger partial charge >= 0.3 is 11.9 Å². The fourth-order valence-electron chi connectivity index (χ4n) is 0.949. The molecule has 1 unspecified atom stereocenters. The number of carbonyl (C=O) groups is 2. The van der Waals surface area contributed by atoms with E-state index in [9.17, 15) is 19.0 Å². The lowest BCUT2D eigenvalue weighted by Crippen LogP contribution is -2.52. The Bertz CT molecular complexity index is 347. The second-order valence-corrected chi connectivity index (χ2v) is 4.87. The molecule has 0 rings (SSSR count). The molecular formula is C9H18NO8P. The molecule has 19 heavy (non-hydrogen) atoms. The normalized spacial score (nSPS) is 15.4. The second kappa shape index (κ2) is 9.00. The molecule has 9 nitrogen and oxygen atoms in total. The number of carbonyl (C=O) groups excluding carboxylic acids is 2. The predicted molar refractivity (Wildman–Crippen MR) is 59.5 cm³/mol. The highest BCUT2D eigenvalue weighted by Gasteiger charge is 2.18. The third-order valence-corrected chi connectivity index (χ3v) is 2.58. The summed E-state index contributed by atoms with van der Waals surface area (Å²) >= 11 is 0. The SMILES string of the molecule is CC(=O)OC[C@H](COP(=O)([O-])OCC[NH3+])OC(C)=O. The fraction of sp³-hybridized carbons (Fsp3) is 0.778. The van der Waals surface area contributed by atoms with E-state index in [2.05, 4.69) is 19.5 Å². The largest absolute Gasteiger partial charge is 0.756 e. The lowest BCUT2D eigenvalue weighted by atomic mass is 10.4. The third kappa shape index (κ3) is 10.6. The van der Waals surface area contributed by atoms with E-state index >= 15 is 0 Å². The van der Waals surface area contributed by atoms with Gasteiger partial charge in [0.25, 0.3) is 7.82 Å². The van der Waals surface area contributed by atoms with Crippen LogP contribution < -0.4 is 10.6 Å². The molecule has 0 fully saturated rings. The van der Waals surface area contributed by atoms with Gasteiger partial charge in [-0.3, -0.25) is 14.2 Å². The number of phosphoric acid groups is 1. The first-order chi connectivity index (χ1) is 8.76. The van der Waals surface area contributed by atoms with Crippen molar-refractivity contribution < 1.29 is 43.3 Å². The van der Waals surface area contributed by atoms with E-state index in [0.717, 1.165) is 6.92 Å². The van der Waals surface area contributed by atoms with Crippen LogP contribution in [0.1, 0.15) is 13.8 Å². The average molecular weight is 299 g/mol. The number of hydrogen-bond acceptors (Lipinski definition) is 8. The molecule has 3 N–H and O–H groups in total. The van der Waals surface area contributed by atoms with Gasteiger partial charge in [-0.25, -0.2) is 0 Å². The maximum Gasteiger partial charge on any atom is 0.303 e. The minimum Gasteiger partial charge on any atom is -0.756 e. The van der Waals surface area contributed by atoms with Gasteiger partial charge in [0.1, 0.15) is 13.2 Å².